The number of nitrogens with one attached hydrogen (secondary N) is 1. The van der Waals surface area contributed by atoms with Crippen molar-refractivity contribution in [3.8, 4) is 0 Å². The fourth-order valence-corrected chi connectivity index (χ4v) is 2.51. The third-order valence-corrected chi connectivity index (χ3v) is 3.34. The minimum atomic E-state index is 0.416. The molecule has 0 atom stereocenters. The summed E-state index contributed by atoms with van der Waals surface area (Å²) < 4.78 is 0. The van der Waals surface area contributed by atoms with E-state index in [0.29, 0.717) is 6.04 Å². The standard InChI is InChI=1S/C14H24N4/c1-4-7-18-8-5-12-13(6-9-18)15-10-16-14(12)17-11(2)3/h10-11H,4-9H2,1-3H3,(H,15,16,17). The average molecular weight is 248 g/mol. The molecule has 1 aromatic rings. The van der Waals surface area contributed by atoms with Crippen LogP contribution in [0.1, 0.15) is 38.4 Å². The number of aromatic nitrogens is 2. The largest absolute Gasteiger partial charge is 0.368 e. The lowest BCUT2D eigenvalue weighted by molar-refractivity contribution is 0.288. The molecule has 18 heavy (non-hydrogen) atoms. The van der Waals surface area contributed by atoms with Crippen molar-refractivity contribution in [3.05, 3.63) is 17.6 Å². The number of hydrogen-bond acceptors (Lipinski definition) is 4. The minimum absolute atomic E-state index is 0.416. The quantitative estimate of drug-likeness (QED) is 0.886. The number of rotatable bonds is 4. The van der Waals surface area contributed by atoms with E-state index >= 15 is 0 Å². The molecule has 2 rings (SSSR count). The molecule has 0 unspecified atom stereocenters. The molecule has 0 saturated heterocycles. The van der Waals surface area contributed by atoms with Crippen LogP contribution in [0.4, 0.5) is 5.82 Å². The second-order valence-corrected chi connectivity index (χ2v) is 5.29. The average Bonchev–Trinajstić information content (AvgIpc) is 2.53. The van der Waals surface area contributed by atoms with Crippen LogP contribution in [0.25, 0.3) is 0 Å². The van der Waals surface area contributed by atoms with Gasteiger partial charge in [0.2, 0.25) is 0 Å². The van der Waals surface area contributed by atoms with E-state index in [4.69, 9.17) is 0 Å². The van der Waals surface area contributed by atoms with Crippen LogP contribution in [0.5, 0.6) is 0 Å². The second-order valence-electron chi connectivity index (χ2n) is 5.29. The lowest BCUT2D eigenvalue weighted by atomic mass is 10.1. The van der Waals surface area contributed by atoms with Crippen LogP contribution >= 0.6 is 0 Å². The van der Waals surface area contributed by atoms with E-state index in [1.807, 2.05) is 0 Å². The molecule has 1 aliphatic heterocycles. The molecule has 2 heterocycles. The van der Waals surface area contributed by atoms with Gasteiger partial charge in [0.25, 0.3) is 0 Å². The molecule has 0 spiro atoms. The number of hydrogen-bond donors (Lipinski definition) is 1. The summed E-state index contributed by atoms with van der Waals surface area (Å²) in [6.45, 7) is 9.97. The van der Waals surface area contributed by atoms with Crippen molar-refractivity contribution >= 4 is 5.82 Å². The van der Waals surface area contributed by atoms with Gasteiger partial charge in [-0.05, 0) is 33.2 Å². The zero-order chi connectivity index (χ0) is 13.0. The summed E-state index contributed by atoms with van der Waals surface area (Å²) in [5.41, 5.74) is 2.55. The maximum atomic E-state index is 4.46. The summed E-state index contributed by atoms with van der Waals surface area (Å²) >= 11 is 0. The Bertz CT molecular complexity index is 389. The van der Waals surface area contributed by atoms with Gasteiger partial charge in [-0.1, -0.05) is 6.92 Å². The lowest BCUT2D eigenvalue weighted by Crippen LogP contribution is -2.27. The zero-order valence-corrected chi connectivity index (χ0v) is 11.7. The highest BCUT2D eigenvalue weighted by atomic mass is 15.1. The topological polar surface area (TPSA) is 41.1 Å². The normalized spacial score (nSPS) is 16.4. The third-order valence-electron chi connectivity index (χ3n) is 3.34. The molecule has 0 fully saturated rings. The Morgan fingerprint density at radius 2 is 2.06 bits per heavy atom. The molecule has 4 nitrogen and oxygen atoms in total. The summed E-state index contributed by atoms with van der Waals surface area (Å²) in [5.74, 6) is 1.04. The van der Waals surface area contributed by atoms with Gasteiger partial charge in [0.15, 0.2) is 0 Å². The Hall–Kier alpha value is -1.16. The molecule has 0 amide bonds. The number of nitrogens with zero attached hydrogens (tertiary/aromatic N) is 3. The SMILES string of the molecule is CCCN1CCc2ncnc(NC(C)C)c2CC1. The highest BCUT2D eigenvalue weighted by Gasteiger charge is 2.18. The van der Waals surface area contributed by atoms with Gasteiger partial charge in [-0.3, -0.25) is 0 Å². The molecule has 100 valence electrons. The van der Waals surface area contributed by atoms with Crippen molar-refractivity contribution in [2.24, 2.45) is 0 Å². The Kier molecular flexibility index (Phi) is 4.53. The van der Waals surface area contributed by atoms with Crippen molar-refractivity contribution in [2.45, 2.75) is 46.1 Å². The predicted octanol–water partition coefficient (Wildman–Crippen LogP) is 2.11. The molecule has 0 aliphatic carbocycles. The first-order valence-electron chi connectivity index (χ1n) is 7.02. The monoisotopic (exact) mass is 248 g/mol. The Morgan fingerprint density at radius 1 is 1.28 bits per heavy atom. The number of fused-ring (bicyclic) bond motifs is 1. The third kappa shape index (κ3) is 3.19. The molecular weight excluding hydrogens is 224 g/mol. The second kappa shape index (κ2) is 6.14. The van der Waals surface area contributed by atoms with Crippen molar-refractivity contribution in [1.82, 2.24) is 14.9 Å². The van der Waals surface area contributed by atoms with Gasteiger partial charge in [0.1, 0.15) is 12.1 Å². The fraction of sp³-hybridized carbons (Fsp3) is 0.714. The van der Waals surface area contributed by atoms with E-state index in [2.05, 4.69) is 41.0 Å². The molecule has 0 bridgehead atoms. The highest BCUT2D eigenvalue weighted by molar-refractivity contribution is 5.47. The summed E-state index contributed by atoms with van der Waals surface area (Å²) in [5, 5.41) is 3.44. The highest BCUT2D eigenvalue weighted by Crippen LogP contribution is 2.20. The van der Waals surface area contributed by atoms with Crippen LogP contribution in [0.3, 0.4) is 0 Å². The summed E-state index contributed by atoms with van der Waals surface area (Å²) in [6, 6.07) is 0.416. The van der Waals surface area contributed by atoms with Gasteiger partial charge >= 0.3 is 0 Å². The predicted molar refractivity (Wildman–Crippen MR) is 74.9 cm³/mol. The first kappa shape index (κ1) is 13.3. The Morgan fingerprint density at radius 3 is 2.78 bits per heavy atom. The summed E-state index contributed by atoms with van der Waals surface area (Å²) in [4.78, 5) is 11.4. The van der Waals surface area contributed by atoms with Crippen LogP contribution < -0.4 is 5.32 Å². The van der Waals surface area contributed by atoms with E-state index in [1.165, 1.54) is 24.2 Å². The van der Waals surface area contributed by atoms with E-state index in [-0.39, 0.29) is 0 Å². The van der Waals surface area contributed by atoms with Crippen LogP contribution in [-0.4, -0.2) is 40.5 Å². The molecular formula is C14H24N4. The van der Waals surface area contributed by atoms with Gasteiger partial charge in [0, 0.05) is 31.1 Å². The van der Waals surface area contributed by atoms with Crippen LogP contribution in [0.15, 0.2) is 6.33 Å². The van der Waals surface area contributed by atoms with Crippen LogP contribution in [-0.2, 0) is 12.8 Å². The van der Waals surface area contributed by atoms with Crippen molar-refractivity contribution in [1.29, 1.82) is 0 Å². The smallest absolute Gasteiger partial charge is 0.133 e. The van der Waals surface area contributed by atoms with Gasteiger partial charge in [0.05, 0.1) is 5.69 Å². The summed E-state index contributed by atoms with van der Waals surface area (Å²) in [7, 11) is 0. The van der Waals surface area contributed by atoms with Crippen molar-refractivity contribution in [3.63, 3.8) is 0 Å². The van der Waals surface area contributed by atoms with Gasteiger partial charge in [-0.15, -0.1) is 0 Å². The summed E-state index contributed by atoms with van der Waals surface area (Å²) in [6.07, 6.45) is 5.02. The minimum Gasteiger partial charge on any atom is -0.368 e. The van der Waals surface area contributed by atoms with Crippen molar-refractivity contribution in [2.75, 3.05) is 25.0 Å². The van der Waals surface area contributed by atoms with E-state index in [9.17, 15) is 0 Å². The zero-order valence-electron chi connectivity index (χ0n) is 11.7. The fourth-order valence-electron chi connectivity index (χ4n) is 2.51. The Balaban J connectivity index is 2.16. The first-order chi connectivity index (χ1) is 8.70. The lowest BCUT2D eigenvalue weighted by Gasteiger charge is -2.18. The maximum Gasteiger partial charge on any atom is 0.133 e. The molecule has 0 saturated carbocycles. The Labute approximate surface area is 110 Å². The molecule has 4 heteroatoms. The van der Waals surface area contributed by atoms with Gasteiger partial charge in [-0.2, -0.15) is 0 Å². The molecule has 1 aromatic heterocycles. The molecule has 0 aromatic carbocycles. The van der Waals surface area contributed by atoms with Crippen molar-refractivity contribution < 1.29 is 0 Å². The van der Waals surface area contributed by atoms with Gasteiger partial charge < -0.3 is 10.2 Å². The molecule has 1 aliphatic rings. The van der Waals surface area contributed by atoms with Crippen LogP contribution in [0.2, 0.25) is 0 Å². The first-order valence-corrected chi connectivity index (χ1v) is 7.02. The molecule has 1 N–H and O–H groups in total. The van der Waals surface area contributed by atoms with E-state index in [0.717, 1.165) is 31.7 Å². The van der Waals surface area contributed by atoms with Crippen LogP contribution in [0, 0.1) is 0 Å². The maximum absolute atomic E-state index is 4.46. The van der Waals surface area contributed by atoms with E-state index < -0.39 is 0 Å². The number of anilines is 1. The van der Waals surface area contributed by atoms with Gasteiger partial charge in [-0.25, -0.2) is 9.97 Å². The molecule has 0 radical (unpaired) electrons. The van der Waals surface area contributed by atoms with E-state index in [1.54, 1.807) is 6.33 Å².